The maximum atomic E-state index is 13.9. The van der Waals surface area contributed by atoms with Crippen LogP contribution in [0.25, 0.3) is 12.2 Å². The number of carbonyl (C=O) groups is 4. The largest absolute Gasteiger partial charge is 0.481 e. The molecule has 0 saturated carbocycles. The van der Waals surface area contributed by atoms with Crippen molar-refractivity contribution in [2.24, 2.45) is 5.92 Å². The van der Waals surface area contributed by atoms with Crippen molar-refractivity contribution in [3.63, 3.8) is 0 Å². The molecule has 2 atom stereocenters. The summed E-state index contributed by atoms with van der Waals surface area (Å²) in [5.41, 5.74) is 3.33. The number of benzene rings is 3. The summed E-state index contributed by atoms with van der Waals surface area (Å²) in [5, 5.41) is 12.4. The molecule has 44 heavy (non-hydrogen) atoms. The molecule has 1 aliphatic rings. The number of urea groups is 1. The van der Waals surface area contributed by atoms with Crippen LogP contribution >= 0.6 is 0 Å². The van der Waals surface area contributed by atoms with E-state index in [9.17, 15) is 24.3 Å². The third-order valence-corrected chi connectivity index (χ3v) is 7.89. The highest BCUT2D eigenvalue weighted by molar-refractivity contribution is 6.09. The zero-order valence-corrected chi connectivity index (χ0v) is 26.0. The molecule has 1 saturated heterocycles. The van der Waals surface area contributed by atoms with Crippen LogP contribution < -0.4 is 5.32 Å². The lowest BCUT2D eigenvalue weighted by Gasteiger charge is -2.29. The molecule has 0 bridgehead atoms. The van der Waals surface area contributed by atoms with E-state index in [1.807, 2.05) is 99.7 Å². The van der Waals surface area contributed by atoms with Gasteiger partial charge in [0.2, 0.25) is 5.91 Å². The first kappa shape index (κ1) is 32.2. The second-order valence-electron chi connectivity index (χ2n) is 12.3. The number of carbonyl (C=O) groups excluding carboxylic acids is 3. The smallest absolute Gasteiger partial charge is 0.328 e. The van der Waals surface area contributed by atoms with Crippen molar-refractivity contribution in [3.05, 3.63) is 107 Å². The minimum absolute atomic E-state index is 0.0168. The summed E-state index contributed by atoms with van der Waals surface area (Å²) in [6.45, 7) is 9.28. The standard InChI is InChI=1S/C36H41N3O5/c1-24(2)20-31(33(42)37-30(22-32(40)41)29-13-9-10-25(3)21-29)39-34(43)36(4,5)38(35(39)44)23-28-18-16-27(17-19-28)15-14-26-11-7-6-8-12-26/h6-19,21,24,30-31H,20,22-23H2,1-5H3,(H,37,42)(H,40,41)/b15-14+/t30?,31-/m0/s1. The Morgan fingerprint density at radius 2 is 1.55 bits per heavy atom. The summed E-state index contributed by atoms with van der Waals surface area (Å²) in [4.78, 5) is 55.8. The van der Waals surface area contributed by atoms with Gasteiger partial charge in [-0.3, -0.25) is 14.4 Å². The lowest BCUT2D eigenvalue weighted by Crippen LogP contribution is -2.52. The van der Waals surface area contributed by atoms with Gasteiger partial charge >= 0.3 is 12.0 Å². The van der Waals surface area contributed by atoms with E-state index in [-0.39, 0.29) is 25.3 Å². The van der Waals surface area contributed by atoms with E-state index in [1.165, 1.54) is 4.90 Å². The molecule has 230 valence electrons. The predicted molar refractivity (Wildman–Crippen MR) is 171 cm³/mol. The van der Waals surface area contributed by atoms with Gasteiger partial charge in [0.25, 0.3) is 5.91 Å². The number of hydrogen-bond acceptors (Lipinski definition) is 4. The van der Waals surface area contributed by atoms with E-state index in [0.717, 1.165) is 27.2 Å². The van der Waals surface area contributed by atoms with Crippen molar-refractivity contribution in [1.82, 2.24) is 15.1 Å². The Balaban J connectivity index is 1.55. The molecule has 1 unspecified atom stereocenters. The van der Waals surface area contributed by atoms with Gasteiger partial charge in [0.15, 0.2) is 0 Å². The van der Waals surface area contributed by atoms with Gasteiger partial charge in [-0.2, -0.15) is 0 Å². The first-order chi connectivity index (χ1) is 20.9. The molecular formula is C36H41N3O5. The van der Waals surface area contributed by atoms with Gasteiger partial charge < -0.3 is 15.3 Å². The van der Waals surface area contributed by atoms with Crippen molar-refractivity contribution in [1.29, 1.82) is 0 Å². The van der Waals surface area contributed by atoms with Gasteiger partial charge in [0.05, 0.1) is 12.5 Å². The van der Waals surface area contributed by atoms with Crippen molar-refractivity contribution < 1.29 is 24.3 Å². The molecule has 3 aromatic rings. The summed E-state index contributed by atoms with van der Waals surface area (Å²) in [5.74, 6) is -2.10. The Morgan fingerprint density at radius 3 is 2.14 bits per heavy atom. The summed E-state index contributed by atoms with van der Waals surface area (Å²) < 4.78 is 0. The number of nitrogens with one attached hydrogen (secondary N) is 1. The fourth-order valence-electron chi connectivity index (χ4n) is 5.44. The molecule has 4 amide bonds. The zero-order valence-electron chi connectivity index (χ0n) is 26.0. The van der Waals surface area contributed by atoms with Gasteiger partial charge in [-0.15, -0.1) is 0 Å². The highest BCUT2D eigenvalue weighted by Crippen LogP contribution is 2.33. The Morgan fingerprint density at radius 1 is 0.909 bits per heavy atom. The molecule has 2 N–H and O–H groups in total. The van der Waals surface area contributed by atoms with Crippen molar-refractivity contribution in [2.45, 2.75) is 71.6 Å². The fraction of sp³-hybridized carbons (Fsp3) is 0.333. The molecular weight excluding hydrogens is 554 g/mol. The summed E-state index contributed by atoms with van der Waals surface area (Å²) in [7, 11) is 0. The molecule has 1 aliphatic heterocycles. The van der Waals surface area contributed by atoms with Gasteiger partial charge in [0, 0.05) is 6.54 Å². The van der Waals surface area contributed by atoms with Gasteiger partial charge in [-0.1, -0.05) is 110 Å². The van der Waals surface area contributed by atoms with Crippen molar-refractivity contribution in [3.8, 4) is 0 Å². The van der Waals surface area contributed by atoms with Crippen LogP contribution in [0.15, 0.2) is 78.9 Å². The SMILES string of the molecule is Cc1cccc(C(CC(=O)O)NC(=O)[C@H](CC(C)C)N2C(=O)N(Cc3ccc(/C=C/c4ccccc4)cc3)C(C)(C)C2=O)c1. The minimum Gasteiger partial charge on any atom is -0.481 e. The zero-order chi connectivity index (χ0) is 32.0. The Bertz CT molecular complexity index is 1530. The quantitative estimate of drug-likeness (QED) is 0.185. The number of carboxylic acid groups (broad SMARTS) is 1. The number of nitrogens with zero attached hydrogens (tertiary/aromatic N) is 2. The minimum atomic E-state index is -1.19. The topological polar surface area (TPSA) is 107 Å². The van der Waals surface area contributed by atoms with Crippen molar-refractivity contribution in [2.75, 3.05) is 0 Å². The van der Waals surface area contributed by atoms with E-state index in [4.69, 9.17) is 0 Å². The lowest BCUT2D eigenvalue weighted by atomic mass is 9.97. The number of amides is 4. The molecule has 8 heteroatoms. The molecule has 0 aliphatic carbocycles. The monoisotopic (exact) mass is 595 g/mol. The average molecular weight is 596 g/mol. The molecule has 1 fully saturated rings. The van der Waals surface area contributed by atoms with Crippen LogP contribution in [-0.4, -0.2) is 50.3 Å². The molecule has 0 spiro atoms. The Kier molecular flexibility index (Phi) is 10.0. The molecule has 4 rings (SSSR count). The van der Waals surface area contributed by atoms with Crippen LogP contribution in [0, 0.1) is 12.8 Å². The first-order valence-corrected chi connectivity index (χ1v) is 14.9. The Hall–Kier alpha value is -4.72. The number of rotatable bonds is 12. The van der Waals surface area contributed by atoms with E-state index in [2.05, 4.69) is 5.32 Å². The maximum Gasteiger partial charge on any atom is 0.328 e. The average Bonchev–Trinajstić information content (AvgIpc) is 3.14. The predicted octanol–water partition coefficient (Wildman–Crippen LogP) is 6.46. The summed E-state index contributed by atoms with van der Waals surface area (Å²) >= 11 is 0. The number of carboxylic acids is 1. The highest BCUT2D eigenvalue weighted by atomic mass is 16.4. The van der Waals surface area contributed by atoms with Crippen LogP contribution in [0.3, 0.4) is 0 Å². The van der Waals surface area contributed by atoms with Crippen LogP contribution in [-0.2, 0) is 20.9 Å². The van der Waals surface area contributed by atoms with Gasteiger partial charge in [0.1, 0.15) is 11.6 Å². The maximum absolute atomic E-state index is 13.9. The van der Waals surface area contributed by atoms with Crippen LogP contribution in [0.5, 0.6) is 0 Å². The van der Waals surface area contributed by atoms with Gasteiger partial charge in [-0.25, -0.2) is 9.69 Å². The van der Waals surface area contributed by atoms with Crippen LogP contribution in [0.1, 0.15) is 74.4 Å². The number of aliphatic carboxylic acids is 1. The number of imide groups is 1. The van der Waals surface area contributed by atoms with Crippen molar-refractivity contribution >= 4 is 36.0 Å². The summed E-state index contributed by atoms with van der Waals surface area (Å²) in [6, 6.07) is 22.6. The van der Waals surface area contributed by atoms with Crippen LogP contribution in [0.4, 0.5) is 4.79 Å². The van der Waals surface area contributed by atoms with E-state index < -0.39 is 41.4 Å². The van der Waals surface area contributed by atoms with E-state index in [0.29, 0.717) is 5.56 Å². The number of hydrogen-bond donors (Lipinski definition) is 2. The third-order valence-electron chi connectivity index (χ3n) is 7.89. The second-order valence-corrected chi connectivity index (χ2v) is 12.3. The molecule has 0 aromatic heterocycles. The highest BCUT2D eigenvalue weighted by Gasteiger charge is 2.54. The molecule has 8 nitrogen and oxygen atoms in total. The number of aryl methyl sites for hydroxylation is 1. The molecule has 0 radical (unpaired) electrons. The normalized spacial score (nSPS) is 16.0. The molecule has 3 aromatic carbocycles. The summed E-state index contributed by atoms with van der Waals surface area (Å²) in [6.07, 6.45) is 3.94. The van der Waals surface area contributed by atoms with Gasteiger partial charge in [-0.05, 0) is 55.4 Å². The van der Waals surface area contributed by atoms with E-state index in [1.54, 1.807) is 26.0 Å². The Labute approximate surface area is 259 Å². The molecule has 1 heterocycles. The van der Waals surface area contributed by atoms with E-state index >= 15 is 0 Å². The first-order valence-electron chi connectivity index (χ1n) is 14.9. The lowest BCUT2D eigenvalue weighted by molar-refractivity contribution is -0.140. The fourth-order valence-corrected chi connectivity index (χ4v) is 5.44. The van der Waals surface area contributed by atoms with Crippen LogP contribution in [0.2, 0.25) is 0 Å². The second kappa shape index (κ2) is 13.7. The third kappa shape index (κ3) is 7.61.